The van der Waals surface area contributed by atoms with Gasteiger partial charge in [-0.3, -0.25) is 4.79 Å². The Morgan fingerprint density at radius 3 is 2.55 bits per heavy atom. The summed E-state index contributed by atoms with van der Waals surface area (Å²) in [6.07, 6.45) is 1.82. The zero-order chi connectivity index (χ0) is 21.3. The number of piperidine rings is 1. The molecule has 0 spiro atoms. The minimum absolute atomic E-state index is 0.175. The van der Waals surface area contributed by atoms with Crippen molar-refractivity contribution in [2.75, 3.05) is 39.1 Å². The molecule has 1 N–H and O–H groups in total. The van der Waals surface area contributed by atoms with E-state index in [0.717, 1.165) is 48.1 Å². The molecule has 8 heteroatoms. The van der Waals surface area contributed by atoms with Gasteiger partial charge in [0.15, 0.2) is 5.76 Å². The Morgan fingerprint density at radius 1 is 1.13 bits per heavy atom. The average molecular weight is 416 g/mol. The number of nitrogens with zero attached hydrogens (tertiary/aromatic N) is 5. The first-order chi connectivity index (χ1) is 15.0. The van der Waals surface area contributed by atoms with Crippen molar-refractivity contribution in [1.29, 1.82) is 0 Å². The lowest BCUT2D eigenvalue weighted by molar-refractivity contribution is -0.130. The normalized spacial score (nSPS) is 22.4. The maximum Gasteiger partial charge on any atom is 0.227 e. The van der Waals surface area contributed by atoms with E-state index >= 15 is 0 Å². The van der Waals surface area contributed by atoms with Crippen LogP contribution < -0.4 is 10.2 Å². The highest BCUT2D eigenvalue weighted by molar-refractivity contribution is 5.94. The molecule has 1 aromatic carbocycles. The number of nitrogens with one attached hydrogen (secondary N) is 1. The number of amides is 1. The third kappa shape index (κ3) is 2.78. The summed E-state index contributed by atoms with van der Waals surface area (Å²) in [4.78, 5) is 30.2. The third-order valence-corrected chi connectivity index (χ3v) is 6.65. The van der Waals surface area contributed by atoms with Crippen molar-refractivity contribution < 1.29 is 9.21 Å². The van der Waals surface area contributed by atoms with Crippen molar-refractivity contribution in [3.8, 4) is 34.3 Å². The van der Waals surface area contributed by atoms with Gasteiger partial charge in [0.05, 0.1) is 6.20 Å². The first kappa shape index (κ1) is 18.5. The van der Waals surface area contributed by atoms with Gasteiger partial charge >= 0.3 is 0 Å². The number of oxazole rings is 1. The van der Waals surface area contributed by atoms with Crippen LogP contribution in [0.15, 0.2) is 34.9 Å². The molecule has 2 fully saturated rings. The fourth-order valence-corrected chi connectivity index (χ4v) is 4.91. The van der Waals surface area contributed by atoms with E-state index in [2.05, 4.69) is 32.3 Å². The monoisotopic (exact) mass is 416 g/mol. The van der Waals surface area contributed by atoms with Gasteiger partial charge in [0.2, 0.25) is 11.8 Å². The number of carbonyl (C=O) groups is 1. The lowest BCUT2D eigenvalue weighted by Crippen LogP contribution is -2.31. The number of anilines is 1. The second-order valence-electron chi connectivity index (χ2n) is 8.84. The number of benzene rings is 1. The SMILES string of the molecule is CNCc1ccc(-c2nc3c(o2)-c2nc(N4CC5C(C4)C5C(=O)N(C)C)cnc2-3)cc1. The molecule has 158 valence electrons. The summed E-state index contributed by atoms with van der Waals surface area (Å²) in [5.41, 5.74) is 4.51. The predicted molar refractivity (Wildman–Crippen MR) is 116 cm³/mol. The minimum Gasteiger partial charge on any atom is -0.434 e. The maximum atomic E-state index is 12.2. The summed E-state index contributed by atoms with van der Waals surface area (Å²) < 4.78 is 6.04. The number of aromatic nitrogens is 3. The molecule has 3 heterocycles. The van der Waals surface area contributed by atoms with Gasteiger partial charge in [-0.1, -0.05) is 12.1 Å². The van der Waals surface area contributed by atoms with Crippen molar-refractivity contribution in [3.63, 3.8) is 0 Å². The van der Waals surface area contributed by atoms with Gasteiger partial charge in [0, 0.05) is 45.2 Å². The summed E-state index contributed by atoms with van der Waals surface area (Å²) in [5.74, 6) is 3.44. The third-order valence-electron chi connectivity index (χ3n) is 6.65. The number of hydrogen-bond donors (Lipinski definition) is 1. The summed E-state index contributed by atoms with van der Waals surface area (Å²) >= 11 is 0. The van der Waals surface area contributed by atoms with Gasteiger partial charge in [-0.05, 0) is 36.6 Å². The van der Waals surface area contributed by atoms with Gasteiger partial charge in [-0.2, -0.15) is 0 Å². The molecule has 3 aliphatic rings. The molecule has 1 amide bonds. The van der Waals surface area contributed by atoms with Crippen LogP contribution in [0.5, 0.6) is 0 Å². The molecule has 0 radical (unpaired) electrons. The number of carbonyl (C=O) groups excluding carboxylic acids is 1. The van der Waals surface area contributed by atoms with Gasteiger partial charge in [-0.15, -0.1) is 0 Å². The molecule has 2 unspecified atom stereocenters. The standard InChI is InChI=1S/C23H24N6O2/c1-24-8-12-4-6-13(7-5-12)22-27-20-18-19(21(20)31-22)26-16(9-25-18)29-10-14-15(11-29)17(14)23(30)28(2)3/h4-7,9,14-15,17,24H,8,10-11H2,1-3H3. The lowest BCUT2D eigenvalue weighted by atomic mass is 10.0. The molecule has 2 aliphatic carbocycles. The number of rotatable bonds is 5. The Labute approximate surface area is 180 Å². The van der Waals surface area contributed by atoms with Crippen LogP contribution in [0.1, 0.15) is 5.56 Å². The highest BCUT2D eigenvalue weighted by atomic mass is 16.4. The smallest absolute Gasteiger partial charge is 0.227 e. The highest BCUT2D eigenvalue weighted by Gasteiger charge is 2.60. The molecule has 0 bridgehead atoms. The van der Waals surface area contributed by atoms with Crippen LogP contribution >= 0.6 is 0 Å². The Morgan fingerprint density at radius 2 is 1.87 bits per heavy atom. The van der Waals surface area contributed by atoms with E-state index < -0.39 is 0 Å². The van der Waals surface area contributed by atoms with Gasteiger partial charge < -0.3 is 19.5 Å². The van der Waals surface area contributed by atoms with Crippen molar-refractivity contribution in [2.45, 2.75) is 6.54 Å². The fraction of sp³-hybridized carbons (Fsp3) is 0.391. The zero-order valence-electron chi connectivity index (χ0n) is 17.8. The van der Waals surface area contributed by atoms with Gasteiger partial charge in [0.25, 0.3) is 0 Å². The van der Waals surface area contributed by atoms with Crippen molar-refractivity contribution in [1.82, 2.24) is 25.2 Å². The molecular formula is C23H24N6O2. The minimum atomic E-state index is 0.175. The van der Waals surface area contributed by atoms with E-state index in [4.69, 9.17) is 9.40 Å². The van der Waals surface area contributed by atoms with Crippen LogP contribution in [0.2, 0.25) is 0 Å². The van der Waals surface area contributed by atoms with E-state index in [1.54, 1.807) is 4.90 Å². The Bertz CT molecular complexity index is 1170. The van der Waals surface area contributed by atoms with E-state index in [0.29, 0.717) is 23.5 Å². The summed E-state index contributed by atoms with van der Waals surface area (Å²) in [5, 5.41) is 3.15. The molecule has 1 aliphatic heterocycles. The molecule has 31 heavy (non-hydrogen) atoms. The van der Waals surface area contributed by atoms with Crippen molar-refractivity contribution >= 4 is 11.7 Å². The molecular weight excluding hydrogens is 392 g/mol. The van der Waals surface area contributed by atoms with Crippen molar-refractivity contribution in [2.24, 2.45) is 17.8 Å². The quantitative estimate of drug-likeness (QED) is 0.534. The fourth-order valence-electron chi connectivity index (χ4n) is 4.91. The molecule has 3 aromatic rings. The molecule has 1 saturated heterocycles. The molecule has 2 aromatic heterocycles. The molecule has 2 atom stereocenters. The van der Waals surface area contributed by atoms with Crippen LogP contribution in [-0.2, 0) is 11.3 Å². The predicted octanol–water partition coefficient (Wildman–Crippen LogP) is 2.27. The average Bonchev–Trinajstić information content (AvgIpc) is 3.10. The van der Waals surface area contributed by atoms with Gasteiger partial charge in [-0.25, -0.2) is 15.0 Å². The van der Waals surface area contributed by atoms with E-state index in [1.807, 2.05) is 39.5 Å². The van der Waals surface area contributed by atoms with E-state index in [9.17, 15) is 4.79 Å². The van der Waals surface area contributed by atoms with E-state index in [1.165, 1.54) is 5.56 Å². The first-order valence-electron chi connectivity index (χ1n) is 10.6. The number of hydrogen-bond acceptors (Lipinski definition) is 7. The molecule has 1 saturated carbocycles. The van der Waals surface area contributed by atoms with Crippen molar-refractivity contribution in [3.05, 3.63) is 36.0 Å². The summed E-state index contributed by atoms with van der Waals surface area (Å²) in [6, 6.07) is 8.19. The Kier molecular flexibility index (Phi) is 3.95. The van der Waals surface area contributed by atoms with Crippen LogP contribution in [-0.4, -0.2) is 60.0 Å². The Balaban J connectivity index is 1.19. The Hall–Kier alpha value is -3.26. The number of fused-ring (bicyclic) bond motifs is 5. The molecule has 8 nitrogen and oxygen atoms in total. The zero-order valence-corrected chi connectivity index (χ0v) is 17.8. The topological polar surface area (TPSA) is 87.4 Å². The summed E-state index contributed by atoms with van der Waals surface area (Å²) in [7, 11) is 5.59. The second-order valence-corrected chi connectivity index (χ2v) is 8.84. The first-order valence-corrected chi connectivity index (χ1v) is 10.6. The lowest BCUT2D eigenvalue weighted by Gasteiger charge is -2.23. The van der Waals surface area contributed by atoms with Crippen LogP contribution in [0, 0.1) is 17.8 Å². The second kappa shape index (κ2) is 6.62. The van der Waals surface area contributed by atoms with E-state index in [-0.39, 0.29) is 11.8 Å². The van der Waals surface area contributed by atoms with Gasteiger partial charge in [0.1, 0.15) is 22.9 Å². The van der Waals surface area contributed by atoms with Crippen LogP contribution in [0.3, 0.4) is 0 Å². The highest BCUT2D eigenvalue weighted by Crippen LogP contribution is 2.53. The van der Waals surface area contributed by atoms with Crippen LogP contribution in [0.25, 0.3) is 34.3 Å². The maximum absolute atomic E-state index is 12.2. The van der Waals surface area contributed by atoms with Crippen LogP contribution in [0.4, 0.5) is 5.82 Å². The molecule has 6 rings (SSSR count). The summed E-state index contributed by atoms with van der Waals surface area (Å²) in [6.45, 7) is 2.54. The largest absolute Gasteiger partial charge is 0.434 e.